The zero-order valence-electron chi connectivity index (χ0n) is 8.50. The first-order chi connectivity index (χ1) is 8.08. The molecule has 0 radical (unpaired) electrons. The van der Waals surface area contributed by atoms with Crippen LogP contribution in [0.1, 0.15) is 15.9 Å². The van der Waals surface area contributed by atoms with Crippen molar-refractivity contribution < 1.29 is 9.90 Å². The third-order valence-corrected chi connectivity index (χ3v) is 3.98. The lowest BCUT2D eigenvalue weighted by Gasteiger charge is -2.02. The second-order valence-corrected chi connectivity index (χ2v) is 5.64. The Bertz CT molecular complexity index is 663. The Morgan fingerprint density at radius 2 is 1.59 bits per heavy atom. The Morgan fingerprint density at radius 3 is 2.35 bits per heavy atom. The normalized spacial score (nSPS) is 12.5. The maximum absolute atomic E-state index is 12.1. The monoisotopic (exact) mass is 352 g/mol. The molecule has 2 nitrogen and oxygen atoms in total. The Morgan fingerprint density at radius 1 is 0.882 bits per heavy atom. The van der Waals surface area contributed by atoms with Crippen molar-refractivity contribution in [3.05, 3.63) is 50.4 Å². The van der Waals surface area contributed by atoms with E-state index in [2.05, 4.69) is 31.9 Å². The first-order valence-corrected chi connectivity index (χ1v) is 6.53. The first-order valence-electron chi connectivity index (χ1n) is 4.95. The molecule has 4 heteroatoms. The molecule has 0 unspecified atom stereocenters. The largest absolute Gasteiger partial charge is 0.507 e. The molecular weight excluding hydrogens is 348 g/mol. The zero-order chi connectivity index (χ0) is 12.2. The van der Waals surface area contributed by atoms with Crippen molar-refractivity contribution in [2.45, 2.75) is 0 Å². The number of rotatable bonds is 0. The van der Waals surface area contributed by atoms with Gasteiger partial charge in [0.1, 0.15) is 5.75 Å². The maximum atomic E-state index is 12.1. The molecule has 84 valence electrons. The SMILES string of the molecule is O=C1c2ccc(Br)cc2-c2cc(Br)c(O)cc21. The van der Waals surface area contributed by atoms with Crippen LogP contribution in [0.5, 0.6) is 5.75 Å². The van der Waals surface area contributed by atoms with Crippen molar-refractivity contribution in [3.63, 3.8) is 0 Å². The Kier molecular flexibility index (Phi) is 2.38. The van der Waals surface area contributed by atoms with Crippen LogP contribution >= 0.6 is 31.9 Å². The smallest absolute Gasteiger partial charge is 0.194 e. The summed E-state index contributed by atoms with van der Waals surface area (Å²) >= 11 is 6.66. The predicted octanol–water partition coefficient (Wildman–Crippen LogP) is 4.13. The number of hydrogen-bond acceptors (Lipinski definition) is 2. The van der Waals surface area contributed by atoms with E-state index in [1.165, 1.54) is 6.07 Å². The molecule has 3 rings (SSSR count). The number of halogens is 2. The second kappa shape index (κ2) is 3.68. The summed E-state index contributed by atoms with van der Waals surface area (Å²) in [4.78, 5) is 12.1. The van der Waals surface area contributed by atoms with Crippen molar-refractivity contribution in [2.75, 3.05) is 0 Å². The Hall–Kier alpha value is -1.13. The van der Waals surface area contributed by atoms with E-state index in [0.29, 0.717) is 15.6 Å². The van der Waals surface area contributed by atoms with Gasteiger partial charge in [0.2, 0.25) is 0 Å². The molecule has 1 N–H and O–H groups in total. The van der Waals surface area contributed by atoms with Gasteiger partial charge in [-0.2, -0.15) is 0 Å². The van der Waals surface area contributed by atoms with Crippen LogP contribution in [0.15, 0.2) is 39.3 Å². The van der Waals surface area contributed by atoms with E-state index in [-0.39, 0.29) is 11.5 Å². The van der Waals surface area contributed by atoms with Crippen LogP contribution in [0.2, 0.25) is 0 Å². The molecule has 1 aliphatic carbocycles. The number of benzene rings is 2. The molecule has 0 atom stereocenters. The second-order valence-electron chi connectivity index (χ2n) is 3.87. The van der Waals surface area contributed by atoms with Crippen molar-refractivity contribution in [2.24, 2.45) is 0 Å². The summed E-state index contributed by atoms with van der Waals surface area (Å²) in [6.07, 6.45) is 0. The van der Waals surface area contributed by atoms with Crippen LogP contribution in [-0.2, 0) is 0 Å². The third-order valence-electron chi connectivity index (χ3n) is 2.85. The van der Waals surface area contributed by atoms with E-state index >= 15 is 0 Å². The average Bonchev–Trinajstić information content (AvgIpc) is 2.54. The summed E-state index contributed by atoms with van der Waals surface area (Å²) in [5.74, 6) is 0.0503. The fourth-order valence-electron chi connectivity index (χ4n) is 2.05. The minimum atomic E-state index is -0.0368. The molecule has 0 fully saturated rings. The van der Waals surface area contributed by atoms with E-state index in [9.17, 15) is 9.90 Å². The number of ketones is 1. The molecular formula is C13H6Br2O2. The van der Waals surface area contributed by atoms with E-state index < -0.39 is 0 Å². The first kappa shape index (κ1) is 11.0. The molecule has 0 amide bonds. The van der Waals surface area contributed by atoms with Gasteiger partial charge in [0, 0.05) is 15.6 Å². The van der Waals surface area contributed by atoms with Crippen molar-refractivity contribution in [1.29, 1.82) is 0 Å². The molecule has 1 aliphatic rings. The van der Waals surface area contributed by atoms with Gasteiger partial charge in [-0.1, -0.05) is 15.9 Å². The van der Waals surface area contributed by atoms with Crippen LogP contribution in [0.25, 0.3) is 11.1 Å². The number of fused-ring (bicyclic) bond motifs is 3. The third kappa shape index (κ3) is 1.55. The highest BCUT2D eigenvalue weighted by Gasteiger charge is 2.27. The van der Waals surface area contributed by atoms with Gasteiger partial charge < -0.3 is 5.11 Å². The highest BCUT2D eigenvalue weighted by molar-refractivity contribution is 9.10. The van der Waals surface area contributed by atoms with E-state index in [1.54, 1.807) is 12.1 Å². The number of aromatic hydroxyl groups is 1. The molecule has 2 aromatic carbocycles. The summed E-state index contributed by atoms with van der Waals surface area (Å²) in [6.45, 7) is 0. The summed E-state index contributed by atoms with van der Waals surface area (Å²) < 4.78 is 1.53. The number of carbonyl (C=O) groups excluding carboxylic acids is 1. The Balaban J connectivity index is 2.37. The minimum Gasteiger partial charge on any atom is -0.507 e. The van der Waals surface area contributed by atoms with Crippen LogP contribution in [0, 0.1) is 0 Å². The maximum Gasteiger partial charge on any atom is 0.194 e. The quantitative estimate of drug-likeness (QED) is 0.659. The van der Waals surface area contributed by atoms with Crippen LogP contribution in [-0.4, -0.2) is 10.9 Å². The summed E-state index contributed by atoms with van der Waals surface area (Å²) in [7, 11) is 0. The molecule has 2 aromatic rings. The lowest BCUT2D eigenvalue weighted by Crippen LogP contribution is -1.94. The molecule has 0 aliphatic heterocycles. The molecule has 17 heavy (non-hydrogen) atoms. The van der Waals surface area contributed by atoms with Crippen molar-refractivity contribution >= 4 is 37.6 Å². The highest BCUT2D eigenvalue weighted by atomic mass is 79.9. The van der Waals surface area contributed by atoms with Crippen LogP contribution in [0.4, 0.5) is 0 Å². The fourth-order valence-corrected chi connectivity index (χ4v) is 2.76. The number of carbonyl (C=O) groups is 1. The highest BCUT2D eigenvalue weighted by Crippen LogP contribution is 2.42. The molecule has 0 saturated carbocycles. The lowest BCUT2D eigenvalue weighted by atomic mass is 10.1. The Labute approximate surface area is 115 Å². The van der Waals surface area contributed by atoms with Gasteiger partial charge in [-0.25, -0.2) is 0 Å². The predicted molar refractivity (Wildman–Crippen MR) is 72.4 cm³/mol. The number of phenolic OH excluding ortho intramolecular Hbond substituents is 1. The van der Waals surface area contributed by atoms with Crippen molar-refractivity contribution in [3.8, 4) is 16.9 Å². The molecule has 0 spiro atoms. The molecule has 0 bridgehead atoms. The van der Waals surface area contributed by atoms with Gasteiger partial charge in [-0.3, -0.25) is 4.79 Å². The fraction of sp³-hybridized carbons (Fsp3) is 0. The van der Waals surface area contributed by atoms with Gasteiger partial charge >= 0.3 is 0 Å². The van der Waals surface area contributed by atoms with Gasteiger partial charge in [-0.15, -0.1) is 0 Å². The standard InChI is InChI=1S/C13H6Br2O2/c14-6-1-2-7-8(3-6)9-4-11(15)12(16)5-10(9)13(7)17/h1-5,16H. The van der Waals surface area contributed by atoms with E-state index in [1.807, 2.05) is 12.1 Å². The number of hydrogen-bond donors (Lipinski definition) is 1. The molecule has 0 aromatic heterocycles. The summed E-state index contributed by atoms with van der Waals surface area (Å²) in [5.41, 5.74) is 3.00. The van der Waals surface area contributed by atoms with Crippen molar-refractivity contribution in [1.82, 2.24) is 0 Å². The van der Waals surface area contributed by atoms with Gasteiger partial charge in [-0.05, 0) is 57.4 Å². The van der Waals surface area contributed by atoms with Gasteiger partial charge in [0.25, 0.3) is 0 Å². The van der Waals surface area contributed by atoms with E-state index in [4.69, 9.17) is 0 Å². The van der Waals surface area contributed by atoms with Crippen LogP contribution in [0.3, 0.4) is 0 Å². The minimum absolute atomic E-state index is 0.0368. The summed E-state index contributed by atoms with van der Waals surface area (Å²) in [5, 5.41) is 9.63. The molecule has 0 heterocycles. The van der Waals surface area contributed by atoms with Crippen LogP contribution < -0.4 is 0 Å². The van der Waals surface area contributed by atoms with Gasteiger partial charge in [0.15, 0.2) is 5.78 Å². The van der Waals surface area contributed by atoms with Gasteiger partial charge in [0.05, 0.1) is 4.47 Å². The van der Waals surface area contributed by atoms with E-state index in [0.717, 1.165) is 15.6 Å². The lowest BCUT2D eigenvalue weighted by molar-refractivity contribution is 0.104. The molecule has 0 saturated heterocycles. The topological polar surface area (TPSA) is 37.3 Å². The summed E-state index contributed by atoms with van der Waals surface area (Å²) in [6, 6.07) is 8.85. The zero-order valence-corrected chi connectivity index (χ0v) is 11.7. The average molecular weight is 354 g/mol. The number of phenols is 1.